The molecule has 1 heterocycles. The van der Waals surface area contributed by atoms with E-state index in [1.54, 1.807) is 0 Å². The Morgan fingerprint density at radius 1 is 1.44 bits per heavy atom. The predicted molar refractivity (Wildman–Crippen MR) is 66.0 cm³/mol. The Bertz CT molecular complexity index is 581. The van der Waals surface area contributed by atoms with Gasteiger partial charge in [0.2, 0.25) is 5.88 Å². The number of hydrogen-bond acceptors (Lipinski definition) is 4. The molecule has 0 saturated heterocycles. The van der Waals surface area contributed by atoms with Crippen LogP contribution in [0.1, 0.15) is 31.2 Å². The van der Waals surface area contributed by atoms with Gasteiger partial charge < -0.3 is 10.8 Å². The molecule has 1 fully saturated rings. The van der Waals surface area contributed by atoms with Gasteiger partial charge in [0.05, 0.1) is 0 Å². The van der Waals surface area contributed by atoms with Gasteiger partial charge in [0.15, 0.2) is 0 Å². The summed E-state index contributed by atoms with van der Waals surface area (Å²) in [5, 5.41) is 17.2. The van der Waals surface area contributed by atoms with Crippen LogP contribution >= 0.6 is 0 Å². The Labute approximate surface area is 103 Å². The normalized spacial score (nSPS) is 16.0. The monoisotopic (exact) mass is 252 g/mol. The quantitative estimate of drug-likeness (QED) is 0.436. The summed E-state index contributed by atoms with van der Waals surface area (Å²) in [4.78, 5) is 25.2. The molecule has 0 aliphatic heterocycles. The fraction of sp³-hybridized carbons (Fsp3) is 0.545. The molecule has 18 heavy (non-hydrogen) atoms. The number of rotatable bonds is 3. The SMILES string of the molecule is N=C(N)c1c(O)n(CC2CCCC2)c(=O)[nH]c1=O. The maximum absolute atomic E-state index is 11.7. The van der Waals surface area contributed by atoms with Gasteiger partial charge in [-0.05, 0) is 18.8 Å². The summed E-state index contributed by atoms with van der Waals surface area (Å²) in [6.07, 6.45) is 4.23. The molecular weight excluding hydrogens is 236 g/mol. The first-order valence-electron chi connectivity index (χ1n) is 5.91. The van der Waals surface area contributed by atoms with Crippen molar-refractivity contribution >= 4 is 5.84 Å². The maximum Gasteiger partial charge on any atom is 0.331 e. The molecular formula is C11H16N4O3. The van der Waals surface area contributed by atoms with Crippen LogP contribution in [0.2, 0.25) is 0 Å². The Kier molecular flexibility index (Phi) is 3.22. The van der Waals surface area contributed by atoms with E-state index < -0.39 is 23.0 Å². The molecule has 0 amide bonds. The summed E-state index contributed by atoms with van der Waals surface area (Å²) in [6.45, 7) is 0.349. The molecule has 5 N–H and O–H groups in total. The van der Waals surface area contributed by atoms with Crippen molar-refractivity contribution in [3.05, 3.63) is 26.4 Å². The van der Waals surface area contributed by atoms with Gasteiger partial charge in [-0.3, -0.25) is 19.8 Å². The number of aromatic hydroxyl groups is 1. The van der Waals surface area contributed by atoms with Crippen molar-refractivity contribution in [2.75, 3.05) is 0 Å². The summed E-state index contributed by atoms with van der Waals surface area (Å²) in [6, 6.07) is 0. The number of H-pyrrole nitrogens is 1. The Morgan fingerprint density at radius 3 is 2.61 bits per heavy atom. The molecule has 0 aromatic carbocycles. The summed E-state index contributed by atoms with van der Waals surface area (Å²) in [5.74, 6) is -0.739. The van der Waals surface area contributed by atoms with Gasteiger partial charge in [0.1, 0.15) is 11.4 Å². The van der Waals surface area contributed by atoms with Crippen LogP contribution in [0, 0.1) is 11.3 Å². The van der Waals surface area contributed by atoms with Gasteiger partial charge in [-0.2, -0.15) is 0 Å². The van der Waals surface area contributed by atoms with E-state index >= 15 is 0 Å². The number of nitrogens with zero attached hydrogens (tertiary/aromatic N) is 1. The summed E-state index contributed by atoms with van der Waals surface area (Å²) in [5.41, 5.74) is 3.41. The van der Waals surface area contributed by atoms with E-state index in [4.69, 9.17) is 11.1 Å². The zero-order chi connectivity index (χ0) is 13.3. The largest absolute Gasteiger partial charge is 0.494 e. The van der Waals surface area contributed by atoms with E-state index in [-0.39, 0.29) is 5.56 Å². The molecule has 0 unspecified atom stereocenters. The van der Waals surface area contributed by atoms with Crippen molar-refractivity contribution in [3.8, 4) is 5.88 Å². The third-order valence-corrected chi connectivity index (χ3v) is 3.36. The topological polar surface area (TPSA) is 125 Å². The number of aromatic amines is 1. The molecule has 0 atom stereocenters. The number of nitrogens with two attached hydrogens (primary N) is 1. The maximum atomic E-state index is 11.7. The molecule has 98 valence electrons. The Morgan fingerprint density at radius 2 is 2.06 bits per heavy atom. The van der Waals surface area contributed by atoms with Crippen molar-refractivity contribution in [3.63, 3.8) is 0 Å². The number of aromatic nitrogens is 2. The van der Waals surface area contributed by atoms with Crippen molar-refractivity contribution in [1.29, 1.82) is 5.41 Å². The van der Waals surface area contributed by atoms with Crippen LogP contribution in [-0.4, -0.2) is 20.5 Å². The second kappa shape index (κ2) is 4.67. The molecule has 0 radical (unpaired) electrons. The van der Waals surface area contributed by atoms with Crippen molar-refractivity contribution in [1.82, 2.24) is 9.55 Å². The van der Waals surface area contributed by atoms with Gasteiger partial charge in [-0.25, -0.2) is 4.79 Å². The molecule has 1 aliphatic rings. The fourth-order valence-corrected chi connectivity index (χ4v) is 2.42. The fourth-order valence-electron chi connectivity index (χ4n) is 2.42. The second-order valence-electron chi connectivity index (χ2n) is 4.63. The van der Waals surface area contributed by atoms with Gasteiger partial charge in [-0.15, -0.1) is 0 Å². The minimum absolute atomic E-state index is 0.319. The lowest BCUT2D eigenvalue weighted by Crippen LogP contribution is -2.36. The first-order chi connectivity index (χ1) is 8.50. The van der Waals surface area contributed by atoms with Gasteiger partial charge >= 0.3 is 5.69 Å². The Balaban J connectivity index is 2.46. The molecule has 7 heteroatoms. The van der Waals surface area contributed by atoms with Crippen LogP contribution in [-0.2, 0) is 6.54 Å². The van der Waals surface area contributed by atoms with Crippen LogP contribution < -0.4 is 17.0 Å². The zero-order valence-corrected chi connectivity index (χ0v) is 9.90. The molecule has 1 saturated carbocycles. The van der Waals surface area contributed by atoms with E-state index in [1.165, 1.54) is 0 Å². The van der Waals surface area contributed by atoms with Crippen LogP contribution in [0.15, 0.2) is 9.59 Å². The van der Waals surface area contributed by atoms with Crippen LogP contribution in [0.5, 0.6) is 5.88 Å². The van der Waals surface area contributed by atoms with E-state index in [2.05, 4.69) is 4.98 Å². The van der Waals surface area contributed by atoms with E-state index in [0.29, 0.717) is 12.5 Å². The average Bonchev–Trinajstić information content (AvgIpc) is 2.75. The van der Waals surface area contributed by atoms with Gasteiger partial charge in [-0.1, -0.05) is 12.8 Å². The molecule has 1 aromatic heterocycles. The minimum atomic E-state index is -0.826. The van der Waals surface area contributed by atoms with Crippen molar-refractivity contribution in [2.24, 2.45) is 11.7 Å². The highest BCUT2D eigenvalue weighted by Gasteiger charge is 2.21. The number of amidine groups is 1. The number of hydrogen-bond donors (Lipinski definition) is 4. The van der Waals surface area contributed by atoms with Gasteiger partial charge in [0.25, 0.3) is 5.56 Å². The van der Waals surface area contributed by atoms with Crippen LogP contribution in [0.4, 0.5) is 0 Å². The highest BCUT2D eigenvalue weighted by molar-refractivity contribution is 5.96. The first kappa shape index (κ1) is 12.4. The summed E-state index contributed by atoms with van der Waals surface area (Å²) < 4.78 is 1.09. The van der Waals surface area contributed by atoms with Crippen molar-refractivity contribution in [2.45, 2.75) is 32.2 Å². The van der Waals surface area contributed by atoms with Gasteiger partial charge in [0, 0.05) is 6.54 Å². The third-order valence-electron chi connectivity index (χ3n) is 3.36. The average molecular weight is 252 g/mol. The van der Waals surface area contributed by atoms with Crippen molar-refractivity contribution < 1.29 is 5.11 Å². The molecule has 0 bridgehead atoms. The highest BCUT2D eigenvalue weighted by Crippen LogP contribution is 2.26. The highest BCUT2D eigenvalue weighted by atomic mass is 16.3. The summed E-state index contributed by atoms with van der Waals surface area (Å²) in [7, 11) is 0. The summed E-state index contributed by atoms with van der Waals surface area (Å²) >= 11 is 0. The third kappa shape index (κ3) is 2.15. The zero-order valence-electron chi connectivity index (χ0n) is 9.90. The molecule has 1 aromatic rings. The lowest BCUT2D eigenvalue weighted by molar-refractivity contribution is 0.359. The molecule has 2 rings (SSSR count). The Hall–Kier alpha value is -2.05. The minimum Gasteiger partial charge on any atom is -0.494 e. The first-order valence-corrected chi connectivity index (χ1v) is 5.91. The van der Waals surface area contributed by atoms with Crippen LogP contribution in [0.25, 0.3) is 0 Å². The molecule has 1 aliphatic carbocycles. The lowest BCUT2D eigenvalue weighted by atomic mass is 10.1. The van der Waals surface area contributed by atoms with E-state index in [0.717, 1.165) is 30.3 Å². The second-order valence-corrected chi connectivity index (χ2v) is 4.63. The smallest absolute Gasteiger partial charge is 0.331 e. The predicted octanol–water partition coefficient (Wildman–Crippen LogP) is -0.284. The lowest BCUT2D eigenvalue weighted by Gasteiger charge is -2.14. The van der Waals surface area contributed by atoms with E-state index in [9.17, 15) is 14.7 Å². The standard InChI is InChI=1S/C11H16N4O3/c12-8(13)7-9(16)14-11(18)15(10(7)17)5-6-3-1-2-4-6/h6,17H,1-5H2,(H3,12,13)(H,14,16,18). The molecule has 0 spiro atoms. The van der Waals surface area contributed by atoms with E-state index in [1.807, 2.05) is 0 Å². The molecule has 7 nitrogen and oxygen atoms in total. The number of nitrogens with one attached hydrogen (secondary N) is 2. The number of nitrogen functional groups attached to an aromatic ring is 1. The van der Waals surface area contributed by atoms with Crippen LogP contribution in [0.3, 0.4) is 0 Å².